The molecule has 2 unspecified atom stereocenters. The molecule has 0 bridgehead atoms. The lowest BCUT2D eigenvalue weighted by Gasteiger charge is -2.40. The Balaban J connectivity index is 1.26. The van der Waals surface area contributed by atoms with E-state index in [1.54, 1.807) is 29.3 Å². The number of benzene rings is 2. The summed E-state index contributed by atoms with van der Waals surface area (Å²) in [6.45, 7) is 6.33. The summed E-state index contributed by atoms with van der Waals surface area (Å²) in [5.74, 6) is -1.16. The number of piperidine rings is 1. The molecule has 3 aliphatic rings. The molecule has 2 fully saturated rings. The summed E-state index contributed by atoms with van der Waals surface area (Å²) < 4.78 is 19.7. The van der Waals surface area contributed by atoms with Crippen LogP contribution in [0.1, 0.15) is 66.8 Å². The summed E-state index contributed by atoms with van der Waals surface area (Å²) in [5, 5.41) is 39.5. The zero-order valence-corrected chi connectivity index (χ0v) is 32.5. The summed E-state index contributed by atoms with van der Waals surface area (Å²) in [5.41, 5.74) is 4.15. The van der Waals surface area contributed by atoms with Crippen LogP contribution in [-0.2, 0) is 27.5 Å². The van der Waals surface area contributed by atoms with Crippen LogP contribution in [0.5, 0.6) is 11.5 Å². The van der Waals surface area contributed by atoms with Crippen LogP contribution in [0.2, 0.25) is 5.02 Å². The van der Waals surface area contributed by atoms with E-state index in [1.807, 2.05) is 29.2 Å². The van der Waals surface area contributed by atoms with Crippen molar-refractivity contribution in [3.63, 3.8) is 0 Å². The first-order valence-corrected chi connectivity index (χ1v) is 19.5. The number of likely N-dealkylation sites (tertiary alicyclic amines) is 2. The number of nitrogens with zero attached hydrogens (tertiary/aromatic N) is 4. The Labute approximate surface area is 332 Å². The molecule has 1 aromatic heterocycles. The molecule has 12 nitrogen and oxygen atoms in total. The number of aliphatic carboxylic acids is 2. The van der Waals surface area contributed by atoms with Crippen LogP contribution >= 0.6 is 11.6 Å². The maximum absolute atomic E-state index is 12.2. The monoisotopic (exact) mass is 784 g/mol. The number of carboxylic acids is 2. The predicted octanol–water partition coefficient (Wildman–Crippen LogP) is 6.27. The zero-order valence-electron chi connectivity index (χ0n) is 31.8. The number of carbonyl (C=O) groups is 2. The summed E-state index contributed by atoms with van der Waals surface area (Å²) >= 11 is 6.96. The number of ether oxygens (including phenoxy) is 3. The minimum absolute atomic E-state index is 0.0773. The van der Waals surface area contributed by atoms with Gasteiger partial charge in [0.25, 0.3) is 0 Å². The van der Waals surface area contributed by atoms with E-state index in [0.29, 0.717) is 78.8 Å². The molecule has 1 aliphatic carbocycles. The molecule has 0 amide bonds. The number of allylic oxidation sites excluding steroid dienone is 2. The number of aryl methyl sites for hydroxylation is 1. The number of halogens is 1. The first kappa shape index (κ1) is 40.9. The van der Waals surface area contributed by atoms with Gasteiger partial charge >= 0.3 is 11.9 Å². The number of β-amino-alcohol motifs (C(OH)–C–C–N with tert-alkyl or cyclic N) is 1. The molecular weight excluding hydrogens is 736 g/mol. The van der Waals surface area contributed by atoms with Crippen LogP contribution in [0.15, 0.2) is 73.1 Å². The van der Waals surface area contributed by atoms with E-state index in [9.17, 15) is 30.2 Å². The average molecular weight is 785 g/mol. The fraction of sp³-hybridized carbons (Fsp3) is 0.442. The number of nitriles is 1. The van der Waals surface area contributed by atoms with Crippen LogP contribution in [0.3, 0.4) is 0 Å². The molecule has 2 saturated heterocycles. The first-order chi connectivity index (χ1) is 27.0. The van der Waals surface area contributed by atoms with Crippen molar-refractivity contribution in [3.05, 3.63) is 106 Å². The van der Waals surface area contributed by atoms with Gasteiger partial charge in [0.05, 0.1) is 16.7 Å². The van der Waals surface area contributed by atoms with Gasteiger partial charge in [0, 0.05) is 68.2 Å². The van der Waals surface area contributed by atoms with Gasteiger partial charge in [-0.1, -0.05) is 61.4 Å². The Hall–Kier alpha value is -4.77. The Morgan fingerprint density at radius 2 is 1.86 bits per heavy atom. The minimum atomic E-state index is -0.946. The van der Waals surface area contributed by atoms with Crippen molar-refractivity contribution in [2.24, 2.45) is 5.92 Å². The normalized spacial score (nSPS) is 24.0. The van der Waals surface area contributed by atoms with E-state index >= 15 is 0 Å². The van der Waals surface area contributed by atoms with Gasteiger partial charge in [0.1, 0.15) is 48.5 Å². The van der Waals surface area contributed by atoms with E-state index < -0.39 is 35.7 Å². The maximum atomic E-state index is 12.2. The number of aromatic nitrogens is 1. The maximum Gasteiger partial charge on any atom is 0.321 e. The van der Waals surface area contributed by atoms with Gasteiger partial charge in [-0.05, 0) is 67.6 Å². The minimum Gasteiger partial charge on any atom is -0.489 e. The first-order valence-electron chi connectivity index (χ1n) is 19.1. The molecule has 6 rings (SSSR count). The number of aliphatic hydroxyl groups is 1. The van der Waals surface area contributed by atoms with Crippen molar-refractivity contribution in [3.8, 4) is 17.6 Å². The van der Waals surface area contributed by atoms with Crippen LogP contribution in [0, 0.1) is 24.2 Å². The number of rotatable bonds is 16. The van der Waals surface area contributed by atoms with Crippen molar-refractivity contribution in [2.75, 3.05) is 32.8 Å². The van der Waals surface area contributed by atoms with E-state index in [1.165, 1.54) is 6.20 Å². The van der Waals surface area contributed by atoms with E-state index in [0.717, 1.165) is 29.5 Å². The third-order valence-electron chi connectivity index (χ3n) is 11.1. The lowest BCUT2D eigenvalue weighted by molar-refractivity contribution is -0.145. The average Bonchev–Trinajstić information content (AvgIpc) is 3.57. The number of hydrogen-bond acceptors (Lipinski definition) is 10. The fourth-order valence-electron chi connectivity index (χ4n) is 7.99. The van der Waals surface area contributed by atoms with Crippen molar-refractivity contribution < 1.29 is 39.1 Å². The zero-order chi connectivity index (χ0) is 39.8. The van der Waals surface area contributed by atoms with Gasteiger partial charge in [-0.25, -0.2) is 0 Å². The van der Waals surface area contributed by atoms with Crippen LogP contribution < -0.4 is 9.47 Å². The fourth-order valence-corrected chi connectivity index (χ4v) is 8.23. The Morgan fingerprint density at radius 3 is 2.62 bits per heavy atom. The van der Waals surface area contributed by atoms with Gasteiger partial charge < -0.3 is 29.5 Å². The second-order valence-electron chi connectivity index (χ2n) is 14.9. The van der Waals surface area contributed by atoms with Gasteiger partial charge in [0.15, 0.2) is 0 Å². The molecular formula is C43H49ClN4O8. The topological polar surface area (TPSA) is 166 Å². The molecule has 0 saturated carbocycles. The van der Waals surface area contributed by atoms with E-state index in [-0.39, 0.29) is 25.6 Å². The highest BCUT2D eigenvalue weighted by Crippen LogP contribution is 2.42. The second kappa shape index (κ2) is 18.4. The van der Waals surface area contributed by atoms with E-state index in [4.69, 9.17) is 25.8 Å². The molecule has 3 heterocycles. The third-order valence-corrected chi connectivity index (χ3v) is 11.4. The molecule has 3 N–H and O–H groups in total. The van der Waals surface area contributed by atoms with Crippen LogP contribution in [0.25, 0.3) is 5.57 Å². The molecule has 3 aromatic rings. The molecule has 56 heavy (non-hydrogen) atoms. The van der Waals surface area contributed by atoms with Crippen molar-refractivity contribution in [2.45, 2.75) is 82.9 Å². The SMILES string of the molecule is Cc1ccccc1C1=CC=CC(COc2cc(OCc3cncc(C#N)c3)c(CN3CCCC[C@H]3C(=O)O)cc2Cl)(OCCCN2C[C@H](O)C[C@H]2C(=O)O)C1C. The third kappa shape index (κ3) is 9.60. The predicted molar refractivity (Wildman–Crippen MR) is 210 cm³/mol. The largest absolute Gasteiger partial charge is 0.489 e. The molecule has 296 valence electrons. The Kier molecular flexibility index (Phi) is 13.5. The lowest BCUT2D eigenvalue weighted by atomic mass is 9.76. The number of aliphatic hydroxyl groups excluding tert-OH is 1. The standard InChI is InChI=1S/C43H49ClN4O8/c1-28-9-3-4-10-34(28)35-11-7-13-43(29(35)2,56-16-8-15-48-25-33(49)19-38(48)42(52)53)27-55-40-20-39(54-26-31-17-30(21-45)22-46-23-31)32(18-36(40)44)24-47-14-6-5-12-37(47)41(50)51/h3-4,7,9-11,13,17-18,20,22-23,29,33,37-38,49H,5-6,8,12,14-16,19,24-27H2,1-2H3,(H,50,51)(H,52,53)/t29?,33-,37+,38+,43?/m1/s1. The molecule has 0 spiro atoms. The summed E-state index contributed by atoms with van der Waals surface area (Å²) in [4.78, 5) is 31.9. The lowest BCUT2D eigenvalue weighted by Crippen LogP contribution is -2.46. The summed E-state index contributed by atoms with van der Waals surface area (Å²) in [6.07, 6.45) is 11.5. The molecule has 5 atom stereocenters. The molecule has 0 radical (unpaired) electrons. The highest BCUT2D eigenvalue weighted by Gasteiger charge is 2.41. The Morgan fingerprint density at radius 1 is 1.05 bits per heavy atom. The van der Waals surface area contributed by atoms with Gasteiger partial charge in [-0.2, -0.15) is 5.26 Å². The van der Waals surface area contributed by atoms with E-state index in [2.05, 4.69) is 43.1 Å². The Bertz CT molecular complexity index is 2000. The van der Waals surface area contributed by atoms with Gasteiger partial charge in [-0.15, -0.1) is 0 Å². The van der Waals surface area contributed by atoms with Gasteiger partial charge in [-0.3, -0.25) is 24.4 Å². The second-order valence-corrected chi connectivity index (χ2v) is 15.3. The number of hydrogen-bond donors (Lipinski definition) is 3. The molecule has 2 aromatic carbocycles. The highest BCUT2D eigenvalue weighted by atomic mass is 35.5. The highest BCUT2D eigenvalue weighted by molar-refractivity contribution is 6.32. The molecule has 13 heteroatoms. The van der Waals surface area contributed by atoms with Crippen LogP contribution in [-0.4, -0.2) is 98.7 Å². The summed E-state index contributed by atoms with van der Waals surface area (Å²) in [7, 11) is 0. The van der Waals surface area contributed by atoms with Crippen LogP contribution in [0.4, 0.5) is 0 Å². The van der Waals surface area contributed by atoms with Crippen molar-refractivity contribution in [1.29, 1.82) is 5.26 Å². The number of pyridine rings is 1. The van der Waals surface area contributed by atoms with Gasteiger partial charge in [0.2, 0.25) is 0 Å². The van der Waals surface area contributed by atoms with Crippen molar-refractivity contribution >= 4 is 29.1 Å². The molecule has 2 aliphatic heterocycles. The quantitative estimate of drug-likeness (QED) is 0.140. The summed E-state index contributed by atoms with van der Waals surface area (Å²) in [6, 6.07) is 14.1. The van der Waals surface area contributed by atoms with Crippen molar-refractivity contribution in [1.82, 2.24) is 14.8 Å². The smallest absolute Gasteiger partial charge is 0.321 e. The number of carboxylic acid groups (broad SMARTS) is 2.